The van der Waals surface area contributed by atoms with Crippen LogP contribution in [0, 0.1) is 17.8 Å². The molecule has 0 spiro atoms. The van der Waals surface area contributed by atoms with E-state index in [9.17, 15) is 5.11 Å². The van der Waals surface area contributed by atoms with E-state index in [2.05, 4.69) is 20.5 Å². The van der Waals surface area contributed by atoms with E-state index in [1.54, 1.807) is 6.33 Å². The van der Waals surface area contributed by atoms with E-state index >= 15 is 0 Å². The van der Waals surface area contributed by atoms with Crippen LogP contribution < -0.4 is 5.32 Å². The Balaban J connectivity index is 1.58. The van der Waals surface area contributed by atoms with Gasteiger partial charge in [0.1, 0.15) is 6.33 Å². The molecule has 5 nitrogen and oxygen atoms in total. The third-order valence-corrected chi connectivity index (χ3v) is 4.95. The summed E-state index contributed by atoms with van der Waals surface area (Å²) in [6.45, 7) is 0. The number of aliphatic hydroxyl groups is 1. The maximum absolute atomic E-state index is 10.5. The molecule has 0 aromatic carbocycles. The Bertz CT molecular complexity index is 402. The van der Waals surface area contributed by atoms with Gasteiger partial charge in [-0.1, -0.05) is 0 Å². The summed E-state index contributed by atoms with van der Waals surface area (Å²) in [5.41, 5.74) is -0.353. The van der Waals surface area contributed by atoms with Crippen molar-refractivity contribution in [1.29, 1.82) is 0 Å². The second-order valence-electron chi connectivity index (χ2n) is 6.19. The Morgan fingerprint density at radius 2 is 2.06 bits per heavy atom. The van der Waals surface area contributed by atoms with Crippen molar-refractivity contribution in [3.05, 3.63) is 6.33 Å². The van der Waals surface area contributed by atoms with E-state index in [1.807, 2.05) is 0 Å². The molecule has 0 amide bonds. The Kier molecular flexibility index (Phi) is 1.87. The number of hydrogen-bond donors (Lipinski definition) is 3. The van der Waals surface area contributed by atoms with Gasteiger partial charge < -0.3 is 10.4 Å². The fraction of sp³-hybridized carbons (Fsp3) is 0.833. The molecule has 0 aliphatic heterocycles. The molecular weight excluding hydrogens is 216 g/mol. The zero-order valence-corrected chi connectivity index (χ0v) is 9.76. The van der Waals surface area contributed by atoms with E-state index in [4.69, 9.17) is 0 Å². The smallest absolute Gasteiger partial charge is 0.242 e. The Morgan fingerprint density at radius 1 is 1.29 bits per heavy atom. The summed E-state index contributed by atoms with van der Waals surface area (Å²) >= 11 is 0. The molecule has 4 fully saturated rings. The van der Waals surface area contributed by atoms with Gasteiger partial charge in [0.05, 0.1) is 5.60 Å². The molecule has 1 aromatic rings. The topological polar surface area (TPSA) is 73.8 Å². The summed E-state index contributed by atoms with van der Waals surface area (Å²) in [4.78, 5) is 4.14. The monoisotopic (exact) mass is 234 g/mol. The van der Waals surface area contributed by atoms with Gasteiger partial charge in [0.25, 0.3) is 0 Å². The zero-order chi connectivity index (χ0) is 11.5. The fourth-order valence-electron chi connectivity index (χ4n) is 4.64. The predicted molar refractivity (Wildman–Crippen MR) is 62.3 cm³/mol. The molecule has 1 heterocycles. The van der Waals surface area contributed by atoms with E-state index < -0.39 is 0 Å². The van der Waals surface area contributed by atoms with Crippen LogP contribution in [0.5, 0.6) is 0 Å². The van der Waals surface area contributed by atoms with Gasteiger partial charge in [0.15, 0.2) is 0 Å². The van der Waals surface area contributed by atoms with Gasteiger partial charge >= 0.3 is 0 Å². The van der Waals surface area contributed by atoms with Gasteiger partial charge in [0.2, 0.25) is 5.95 Å². The Hall–Kier alpha value is -1.10. The minimum atomic E-state index is -0.353. The van der Waals surface area contributed by atoms with Gasteiger partial charge in [-0.15, -0.1) is 5.10 Å². The molecule has 0 radical (unpaired) electrons. The highest BCUT2D eigenvalue weighted by molar-refractivity contribution is 5.26. The first-order chi connectivity index (χ1) is 8.22. The molecule has 3 N–H and O–H groups in total. The van der Waals surface area contributed by atoms with Crippen molar-refractivity contribution < 1.29 is 5.11 Å². The standard InChI is InChI=1S/C12H18N4O/c17-12-3-7-1-8(4-12)10(9(2-7)5-12)15-11-13-6-14-16-11/h6-10,17H,1-5H2,(H2,13,14,15,16)/t7-,8+,9-,10?,12-. The number of hydrogen-bond acceptors (Lipinski definition) is 4. The number of aromatic amines is 1. The van der Waals surface area contributed by atoms with Gasteiger partial charge in [-0.25, -0.2) is 4.98 Å². The van der Waals surface area contributed by atoms with Gasteiger partial charge in [-0.05, 0) is 49.9 Å². The largest absolute Gasteiger partial charge is 0.390 e. The van der Waals surface area contributed by atoms with Crippen molar-refractivity contribution in [2.75, 3.05) is 5.32 Å². The van der Waals surface area contributed by atoms with Crippen LogP contribution in [0.15, 0.2) is 6.33 Å². The molecule has 4 aliphatic rings. The lowest BCUT2D eigenvalue weighted by atomic mass is 9.52. The lowest BCUT2D eigenvalue weighted by Gasteiger charge is -2.58. The summed E-state index contributed by atoms with van der Waals surface area (Å²) in [6, 6.07) is 0.461. The molecule has 17 heavy (non-hydrogen) atoms. The lowest BCUT2D eigenvalue weighted by molar-refractivity contribution is -0.129. The number of nitrogens with one attached hydrogen (secondary N) is 2. The van der Waals surface area contributed by atoms with Gasteiger partial charge in [-0.2, -0.15) is 0 Å². The van der Waals surface area contributed by atoms with Crippen molar-refractivity contribution >= 4 is 5.95 Å². The van der Waals surface area contributed by atoms with E-state index in [0.717, 1.165) is 25.2 Å². The fourth-order valence-corrected chi connectivity index (χ4v) is 4.64. The van der Waals surface area contributed by atoms with Crippen LogP contribution >= 0.6 is 0 Å². The van der Waals surface area contributed by atoms with Crippen LogP contribution in [0.4, 0.5) is 5.95 Å². The van der Waals surface area contributed by atoms with Crippen LogP contribution in [0.1, 0.15) is 32.1 Å². The first kappa shape index (κ1) is 9.88. The third kappa shape index (κ3) is 1.48. The lowest BCUT2D eigenvalue weighted by Crippen LogP contribution is -2.59. The zero-order valence-electron chi connectivity index (χ0n) is 9.76. The Morgan fingerprint density at radius 3 is 2.65 bits per heavy atom. The molecule has 5 heteroatoms. The molecule has 92 valence electrons. The highest BCUT2D eigenvalue weighted by Gasteiger charge is 2.54. The van der Waals surface area contributed by atoms with Crippen molar-refractivity contribution in [3.8, 4) is 0 Å². The summed E-state index contributed by atoms with van der Waals surface area (Å²) in [5.74, 6) is 2.66. The maximum Gasteiger partial charge on any atom is 0.242 e. The molecule has 1 aromatic heterocycles. The van der Waals surface area contributed by atoms with Crippen LogP contribution in [-0.2, 0) is 0 Å². The summed E-state index contributed by atoms with van der Waals surface area (Å²) in [7, 11) is 0. The van der Waals surface area contributed by atoms with E-state index in [1.165, 1.54) is 12.8 Å². The molecule has 4 bridgehead atoms. The van der Waals surface area contributed by atoms with Crippen molar-refractivity contribution in [2.45, 2.75) is 43.7 Å². The van der Waals surface area contributed by atoms with Crippen LogP contribution in [0.3, 0.4) is 0 Å². The van der Waals surface area contributed by atoms with Crippen molar-refractivity contribution in [1.82, 2.24) is 15.2 Å². The quantitative estimate of drug-likeness (QED) is 0.718. The summed E-state index contributed by atoms with van der Waals surface area (Å²) < 4.78 is 0. The number of anilines is 1. The maximum atomic E-state index is 10.5. The molecular formula is C12H18N4O. The molecule has 4 aliphatic carbocycles. The predicted octanol–water partition coefficient (Wildman–Crippen LogP) is 1.16. The molecule has 5 atom stereocenters. The first-order valence-electron chi connectivity index (χ1n) is 6.57. The molecule has 5 rings (SSSR count). The average molecular weight is 234 g/mol. The summed E-state index contributed by atoms with van der Waals surface area (Å²) in [5, 5.41) is 20.8. The Labute approximate surface area is 100 Å². The number of rotatable bonds is 2. The summed E-state index contributed by atoms with van der Waals surface area (Å²) in [6.07, 6.45) is 7.09. The minimum absolute atomic E-state index is 0.353. The average Bonchev–Trinajstić information content (AvgIpc) is 2.73. The van der Waals surface area contributed by atoms with E-state index in [-0.39, 0.29) is 5.60 Å². The molecule has 4 saturated carbocycles. The molecule has 1 unspecified atom stereocenters. The first-order valence-corrected chi connectivity index (χ1v) is 6.57. The van der Waals surface area contributed by atoms with Crippen LogP contribution in [0.2, 0.25) is 0 Å². The number of H-pyrrole nitrogens is 1. The van der Waals surface area contributed by atoms with Gasteiger partial charge in [-0.3, -0.25) is 5.10 Å². The van der Waals surface area contributed by atoms with Crippen LogP contribution in [-0.4, -0.2) is 31.9 Å². The van der Waals surface area contributed by atoms with Crippen molar-refractivity contribution in [2.24, 2.45) is 17.8 Å². The highest BCUT2D eigenvalue weighted by Crippen LogP contribution is 2.56. The minimum Gasteiger partial charge on any atom is -0.390 e. The third-order valence-electron chi connectivity index (χ3n) is 4.95. The SMILES string of the molecule is O[C@@]12C[C@H]3C[C@H](C1)C(Nc1nc[nH]n1)[C@@H](C3)C2. The van der Waals surface area contributed by atoms with Crippen LogP contribution in [0.25, 0.3) is 0 Å². The molecule has 0 saturated heterocycles. The number of nitrogens with zero attached hydrogens (tertiary/aromatic N) is 2. The highest BCUT2D eigenvalue weighted by atomic mass is 16.3. The van der Waals surface area contributed by atoms with Gasteiger partial charge in [0, 0.05) is 6.04 Å². The second kappa shape index (κ2) is 3.22. The van der Waals surface area contributed by atoms with E-state index in [0.29, 0.717) is 23.8 Å². The second-order valence-corrected chi connectivity index (χ2v) is 6.19. The normalized spacial score (nSPS) is 47.4. The number of aromatic nitrogens is 3. The van der Waals surface area contributed by atoms with Crippen molar-refractivity contribution in [3.63, 3.8) is 0 Å².